The molecular formula is C13H13BrClN3O. The minimum atomic E-state index is -0.140. The Morgan fingerprint density at radius 1 is 1.47 bits per heavy atom. The molecule has 1 aromatic heterocycles. The van der Waals surface area contributed by atoms with Gasteiger partial charge in [-0.1, -0.05) is 27.5 Å². The molecule has 0 atom stereocenters. The van der Waals surface area contributed by atoms with Crippen molar-refractivity contribution >= 4 is 33.4 Å². The van der Waals surface area contributed by atoms with Crippen molar-refractivity contribution in [1.82, 2.24) is 15.1 Å². The number of amides is 1. The molecular weight excluding hydrogens is 330 g/mol. The lowest BCUT2D eigenvalue weighted by molar-refractivity contribution is 0.0954. The van der Waals surface area contributed by atoms with Crippen LogP contribution >= 0.6 is 27.5 Å². The molecule has 2 rings (SSSR count). The van der Waals surface area contributed by atoms with Gasteiger partial charge in [0.2, 0.25) is 0 Å². The summed E-state index contributed by atoms with van der Waals surface area (Å²) in [6.45, 7) is 0.542. The van der Waals surface area contributed by atoms with Crippen molar-refractivity contribution in [2.75, 3.05) is 6.54 Å². The average molecular weight is 343 g/mol. The van der Waals surface area contributed by atoms with E-state index in [2.05, 4.69) is 26.3 Å². The Kier molecular flexibility index (Phi) is 4.61. The van der Waals surface area contributed by atoms with Gasteiger partial charge in [0.1, 0.15) is 0 Å². The third kappa shape index (κ3) is 4.08. The maximum absolute atomic E-state index is 11.9. The lowest BCUT2D eigenvalue weighted by Crippen LogP contribution is -2.25. The van der Waals surface area contributed by atoms with Crippen molar-refractivity contribution in [3.63, 3.8) is 0 Å². The van der Waals surface area contributed by atoms with Crippen molar-refractivity contribution in [3.8, 4) is 0 Å². The summed E-state index contributed by atoms with van der Waals surface area (Å²) in [6, 6.07) is 7.05. The van der Waals surface area contributed by atoms with Crippen molar-refractivity contribution in [2.45, 2.75) is 6.42 Å². The summed E-state index contributed by atoms with van der Waals surface area (Å²) >= 11 is 9.22. The van der Waals surface area contributed by atoms with Gasteiger partial charge >= 0.3 is 0 Å². The van der Waals surface area contributed by atoms with Gasteiger partial charge in [0.15, 0.2) is 0 Å². The molecule has 2 aromatic rings. The smallest absolute Gasteiger partial charge is 0.251 e. The van der Waals surface area contributed by atoms with Crippen LogP contribution in [0.15, 0.2) is 34.9 Å². The molecule has 19 heavy (non-hydrogen) atoms. The van der Waals surface area contributed by atoms with Gasteiger partial charge in [0, 0.05) is 41.3 Å². The van der Waals surface area contributed by atoms with E-state index >= 15 is 0 Å². The van der Waals surface area contributed by atoms with Crippen LogP contribution in [0.2, 0.25) is 5.02 Å². The lowest BCUT2D eigenvalue weighted by Gasteiger charge is -2.05. The van der Waals surface area contributed by atoms with Crippen LogP contribution in [0.5, 0.6) is 0 Å². The fourth-order valence-corrected chi connectivity index (χ4v) is 2.55. The average Bonchev–Trinajstić information content (AvgIpc) is 2.73. The van der Waals surface area contributed by atoms with Crippen LogP contribution in [-0.4, -0.2) is 22.2 Å². The number of nitrogens with zero attached hydrogens (tertiary/aromatic N) is 2. The molecule has 1 aromatic carbocycles. The van der Waals surface area contributed by atoms with E-state index in [-0.39, 0.29) is 5.91 Å². The quantitative estimate of drug-likeness (QED) is 0.929. The molecule has 0 spiro atoms. The second kappa shape index (κ2) is 6.21. The maximum Gasteiger partial charge on any atom is 0.251 e. The minimum absolute atomic E-state index is 0.140. The van der Waals surface area contributed by atoms with Crippen LogP contribution in [0.4, 0.5) is 0 Å². The predicted octanol–water partition coefficient (Wildman–Crippen LogP) is 2.81. The Morgan fingerprint density at radius 3 is 2.89 bits per heavy atom. The molecule has 0 saturated heterocycles. The topological polar surface area (TPSA) is 46.9 Å². The van der Waals surface area contributed by atoms with Crippen molar-refractivity contribution in [2.24, 2.45) is 7.05 Å². The fourth-order valence-electron chi connectivity index (χ4n) is 1.69. The lowest BCUT2D eigenvalue weighted by atomic mass is 10.2. The molecule has 1 amide bonds. The monoisotopic (exact) mass is 341 g/mol. The first-order chi connectivity index (χ1) is 9.04. The summed E-state index contributed by atoms with van der Waals surface area (Å²) < 4.78 is 2.53. The zero-order valence-electron chi connectivity index (χ0n) is 10.4. The Balaban J connectivity index is 1.90. The molecule has 0 unspecified atom stereocenters. The highest BCUT2D eigenvalue weighted by atomic mass is 79.9. The standard InChI is InChI=1S/C13H13BrClN3O/c1-18-5-3-12(17-18)2-4-16-13(19)9-6-10(14)8-11(15)7-9/h3,5-8H,2,4H2,1H3,(H,16,19). The van der Waals surface area contributed by atoms with Gasteiger partial charge < -0.3 is 5.32 Å². The van der Waals surface area contributed by atoms with Gasteiger partial charge in [0.25, 0.3) is 5.91 Å². The van der Waals surface area contributed by atoms with E-state index in [1.54, 1.807) is 22.9 Å². The molecule has 0 fully saturated rings. The van der Waals surface area contributed by atoms with Gasteiger partial charge in [-0.25, -0.2) is 0 Å². The predicted molar refractivity (Wildman–Crippen MR) is 78.4 cm³/mol. The molecule has 0 aliphatic rings. The third-order valence-electron chi connectivity index (χ3n) is 2.56. The number of nitrogens with one attached hydrogen (secondary N) is 1. The summed E-state index contributed by atoms with van der Waals surface area (Å²) in [4.78, 5) is 11.9. The van der Waals surface area contributed by atoms with E-state index in [1.807, 2.05) is 19.3 Å². The van der Waals surface area contributed by atoms with E-state index in [9.17, 15) is 4.79 Å². The molecule has 0 radical (unpaired) electrons. The molecule has 0 aliphatic carbocycles. The number of hydrogen-bond donors (Lipinski definition) is 1. The largest absolute Gasteiger partial charge is 0.352 e. The minimum Gasteiger partial charge on any atom is -0.352 e. The van der Waals surface area contributed by atoms with Crippen LogP contribution in [0.1, 0.15) is 16.1 Å². The summed E-state index contributed by atoms with van der Waals surface area (Å²) in [5.74, 6) is -0.140. The summed E-state index contributed by atoms with van der Waals surface area (Å²) in [5.41, 5.74) is 1.50. The van der Waals surface area contributed by atoms with E-state index in [0.29, 0.717) is 23.6 Å². The van der Waals surface area contributed by atoms with Crippen molar-refractivity contribution in [3.05, 3.63) is 51.2 Å². The van der Waals surface area contributed by atoms with Gasteiger partial charge in [-0.05, 0) is 24.3 Å². The highest BCUT2D eigenvalue weighted by molar-refractivity contribution is 9.10. The van der Waals surface area contributed by atoms with Gasteiger partial charge in [0.05, 0.1) is 5.69 Å². The van der Waals surface area contributed by atoms with Crippen LogP contribution in [-0.2, 0) is 13.5 Å². The normalized spacial score (nSPS) is 10.5. The summed E-state index contributed by atoms with van der Waals surface area (Å²) in [6.07, 6.45) is 2.58. The first-order valence-corrected chi connectivity index (χ1v) is 6.94. The Hall–Kier alpha value is -1.33. The third-order valence-corrected chi connectivity index (χ3v) is 3.24. The molecule has 0 bridgehead atoms. The zero-order chi connectivity index (χ0) is 13.8. The van der Waals surface area contributed by atoms with E-state index < -0.39 is 0 Å². The Bertz CT molecular complexity index is 577. The number of benzene rings is 1. The van der Waals surface area contributed by atoms with Gasteiger partial charge in [-0.2, -0.15) is 5.10 Å². The van der Waals surface area contributed by atoms with Crippen LogP contribution in [0.3, 0.4) is 0 Å². The number of aromatic nitrogens is 2. The number of carbonyl (C=O) groups is 1. The summed E-state index contributed by atoms with van der Waals surface area (Å²) in [5, 5.41) is 7.62. The molecule has 0 saturated carbocycles. The highest BCUT2D eigenvalue weighted by Gasteiger charge is 2.07. The van der Waals surface area contributed by atoms with Crippen molar-refractivity contribution in [1.29, 1.82) is 0 Å². The zero-order valence-corrected chi connectivity index (χ0v) is 12.7. The first-order valence-electron chi connectivity index (χ1n) is 5.77. The summed E-state index contributed by atoms with van der Waals surface area (Å²) in [7, 11) is 1.87. The van der Waals surface area contributed by atoms with Crippen LogP contribution < -0.4 is 5.32 Å². The molecule has 4 nitrogen and oxygen atoms in total. The highest BCUT2D eigenvalue weighted by Crippen LogP contribution is 2.19. The van der Waals surface area contributed by atoms with E-state index in [0.717, 1.165) is 10.2 Å². The number of aryl methyl sites for hydroxylation is 1. The number of rotatable bonds is 4. The van der Waals surface area contributed by atoms with Crippen LogP contribution in [0.25, 0.3) is 0 Å². The number of carbonyl (C=O) groups excluding carboxylic acids is 1. The van der Waals surface area contributed by atoms with Crippen LogP contribution in [0, 0.1) is 0 Å². The molecule has 1 N–H and O–H groups in total. The molecule has 100 valence electrons. The SMILES string of the molecule is Cn1ccc(CCNC(=O)c2cc(Cl)cc(Br)c2)n1. The maximum atomic E-state index is 11.9. The molecule has 6 heteroatoms. The van der Waals surface area contributed by atoms with Gasteiger partial charge in [-0.15, -0.1) is 0 Å². The van der Waals surface area contributed by atoms with Gasteiger partial charge in [-0.3, -0.25) is 9.48 Å². The van der Waals surface area contributed by atoms with Crippen molar-refractivity contribution < 1.29 is 4.79 Å². The Labute approximate surface area is 124 Å². The molecule has 0 aliphatic heterocycles. The van der Waals surface area contributed by atoms with E-state index in [1.165, 1.54) is 0 Å². The molecule has 1 heterocycles. The number of hydrogen-bond acceptors (Lipinski definition) is 2. The fraction of sp³-hybridized carbons (Fsp3) is 0.231. The van der Waals surface area contributed by atoms with E-state index in [4.69, 9.17) is 11.6 Å². The Morgan fingerprint density at radius 2 is 2.26 bits per heavy atom. The second-order valence-electron chi connectivity index (χ2n) is 4.14. The number of halogens is 2. The second-order valence-corrected chi connectivity index (χ2v) is 5.50. The first kappa shape index (κ1) is 14.1.